The Morgan fingerprint density at radius 1 is 1.29 bits per heavy atom. The van der Waals surface area contributed by atoms with Crippen LogP contribution >= 0.6 is 0 Å². The Kier molecular flexibility index (Phi) is 4.98. The Hall–Kier alpha value is -2.96. The molecule has 4 rings (SSSR count). The summed E-state index contributed by atoms with van der Waals surface area (Å²) < 4.78 is 6.96. The van der Waals surface area contributed by atoms with Crippen molar-refractivity contribution in [2.45, 2.75) is 45.6 Å². The molecule has 0 saturated heterocycles. The summed E-state index contributed by atoms with van der Waals surface area (Å²) in [4.78, 5) is 21.3. The van der Waals surface area contributed by atoms with Crippen LogP contribution in [-0.4, -0.2) is 32.6 Å². The number of amides is 1. The van der Waals surface area contributed by atoms with Crippen molar-refractivity contribution in [3.8, 4) is 5.75 Å². The van der Waals surface area contributed by atoms with Gasteiger partial charge in [-0.1, -0.05) is 12.1 Å². The number of aryl methyl sites for hydroxylation is 2. The van der Waals surface area contributed by atoms with Crippen molar-refractivity contribution in [1.29, 1.82) is 0 Å². The Morgan fingerprint density at radius 3 is 2.71 bits per heavy atom. The second-order valence-electron chi connectivity index (χ2n) is 7.39. The van der Waals surface area contributed by atoms with Gasteiger partial charge in [0.2, 0.25) is 5.91 Å². The van der Waals surface area contributed by atoms with Gasteiger partial charge in [-0.3, -0.25) is 4.79 Å². The summed E-state index contributed by atoms with van der Waals surface area (Å²) in [6, 6.07) is 8.04. The number of benzene rings is 1. The predicted octanol–water partition coefficient (Wildman–Crippen LogP) is 2.95. The molecule has 1 fully saturated rings. The van der Waals surface area contributed by atoms with Crippen LogP contribution in [0.4, 0.5) is 0 Å². The average Bonchev–Trinajstić information content (AvgIpc) is 3.43. The fourth-order valence-corrected chi connectivity index (χ4v) is 3.72. The molecule has 1 amide bonds. The lowest BCUT2D eigenvalue weighted by Gasteiger charge is -2.19. The maximum atomic E-state index is 12.7. The molecule has 7 heteroatoms. The third-order valence-corrected chi connectivity index (χ3v) is 5.48. The lowest BCUT2D eigenvalue weighted by molar-refractivity contribution is -0.122. The number of carbonyl (C=O) groups excluding carboxylic acids is 1. The van der Waals surface area contributed by atoms with Crippen LogP contribution in [0.25, 0.3) is 5.78 Å². The molecule has 1 unspecified atom stereocenters. The molecule has 28 heavy (non-hydrogen) atoms. The average molecular weight is 379 g/mol. The molecule has 0 bridgehead atoms. The van der Waals surface area contributed by atoms with Crippen molar-refractivity contribution in [1.82, 2.24) is 24.9 Å². The minimum absolute atomic E-state index is 0.0604. The van der Waals surface area contributed by atoms with Gasteiger partial charge in [0.05, 0.1) is 13.2 Å². The van der Waals surface area contributed by atoms with Crippen molar-refractivity contribution in [3.63, 3.8) is 0 Å². The first-order valence-corrected chi connectivity index (χ1v) is 9.66. The summed E-state index contributed by atoms with van der Waals surface area (Å²) in [5.41, 5.74) is 4.08. The molecule has 1 aliphatic rings. The highest BCUT2D eigenvalue weighted by molar-refractivity contribution is 5.77. The van der Waals surface area contributed by atoms with Crippen LogP contribution in [0.2, 0.25) is 0 Å². The van der Waals surface area contributed by atoms with E-state index in [2.05, 4.69) is 20.4 Å². The van der Waals surface area contributed by atoms with Crippen LogP contribution in [-0.2, 0) is 11.2 Å². The minimum atomic E-state index is 0.0604. The van der Waals surface area contributed by atoms with E-state index in [-0.39, 0.29) is 11.9 Å². The lowest BCUT2D eigenvalue weighted by Crippen LogP contribution is -2.30. The van der Waals surface area contributed by atoms with Crippen LogP contribution < -0.4 is 10.1 Å². The van der Waals surface area contributed by atoms with Crippen molar-refractivity contribution >= 4 is 11.7 Å². The number of hydrogen-bond acceptors (Lipinski definition) is 5. The molecule has 2 heterocycles. The van der Waals surface area contributed by atoms with Gasteiger partial charge in [0.25, 0.3) is 5.78 Å². The number of nitrogens with one attached hydrogen (secondary N) is 1. The van der Waals surface area contributed by atoms with Gasteiger partial charge in [-0.15, -0.1) is 0 Å². The van der Waals surface area contributed by atoms with Crippen LogP contribution in [0, 0.1) is 19.8 Å². The Labute approximate surface area is 164 Å². The zero-order valence-corrected chi connectivity index (χ0v) is 16.5. The SMILES string of the molecule is COc1ccc(C(NC(=O)CCc2c(C)nc3ncnn3c2C)C2CC2)cc1. The zero-order chi connectivity index (χ0) is 19.7. The van der Waals surface area contributed by atoms with Crippen molar-refractivity contribution in [2.75, 3.05) is 7.11 Å². The fourth-order valence-electron chi connectivity index (χ4n) is 3.72. The van der Waals surface area contributed by atoms with E-state index < -0.39 is 0 Å². The fraction of sp³-hybridized carbons (Fsp3) is 0.429. The predicted molar refractivity (Wildman–Crippen MR) is 105 cm³/mol. The molecule has 1 saturated carbocycles. The summed E-state index contributed by atoms with van der Waals surface area (Å²) in [6.45, 7) is 3.95. The van der Waals surface area contributed by atoms with Gasteiger partial charge in [-0.2, -0.15) is 10.1 Å². The number of rotatable bonds is 7. The van der Waals surface area contributed by atoms with Gasteiger partial charge in [-0.05, 0) is 62.3 Å². The van der Waals surface area contributed by atoms with Crippen LogP contribution in [0.3, 0.4) is 0 Å². The molecule has 2 aromatic heterocycles. The standard InChI is InChI=1S/C21H25N5O2/c1-13-18(14(2)26-21(24-13)22-12-23-26)10-11-19(27)25-20(15-4-5-15)16-6-8-17(28-3)9-7-16/h6-9,12,15,20H,4-5,10-11H2,1-3H3,(H,25,27). The van der Waals surface area contributed by atoms with Gasteiger partial charge in [0.1, 0.15) is 12.1 Å². The second-order valence-corrected chi connectivity index (χ2v) is 7.39. The maximum Gasteiger partial charge on any atom is 0.252 e. The van der Waals surface area contributed by atoms with E-state index in [0.29, 0.717) is 24.5 Å². The van der Waals surface area contributed by atoms with Gasteiger partial charge < -0.3 is 10.1 Å². The Morgan fingerprint density at radius 2 is 2.04 bits per heavy atom. The summed E-state index contributed by atoms with van der Waals surface area (Å²) in [6.07, 6.45) is 4.86. The summed E-state index contributed by atoms with van der Waals surface area (Å²) in [5.74, 6) is 2.00. The third kappa shape index (κ3) is 3.69. The topological polar surface area (TPSA) is 81.4 Å². The molecule has 3 aromatic rings. The van der Waals surface area contributed by atoms with Crippen molar-refractivity contribution in [3.05, 3.63) is 53.1 Å². The molecular weight excluding hydrogens is 354 g/mol. The molecular formula is C21H25N5O2. The van der Waals surface area contributed by atoms with Crippen LogP contribution in [0.1, 0.15) is 47.8 Å². The molecule has 0 aliphatic heterocycles. The van der Waals surface area contributed by atoms with E-state index in [4.69, 9.17) is 4.74 Å². The van der Waals surface area contributed by atoms with E-state index in [9.17, 15) is 4.79 Å². The summed E-state index contributed by atoms with van der Waals surface area (Å²) >= 11 is 0. The Balaban J connectivity index is 1.44. The normalized spacial score (nSPS) is 14.8. The molecule has 1 aromatic carbocycles. The first-order chi connectivity index (χ1) is 13.6. The minimum Gasteiger partial charge on any atom is -0.497 e. The summed E-state index contributed by atoms with van der Waals surface area (Å²) in [5, 5.41) is 7.45. The maximum absolute atomic E-state index is 12.7. The largest absolute Gasteiger partial charge is 0.497 e. The molecule has 7 nitrogen and oxygen atoms in total. The first-order valence-electron chi connectivity index (χ1n) is 9.66. The smallest absolute Gasteiger partial charge is 0.252 e. The molecule has 1 N–H and O–H groups in total. The third-order valence-electron chi connectivity index (χ3n) is 5.48. The van der Waals surface area contributed by atoms with Gasteiger partial charge in [0.15, 0.2) is 0 Å². The van der Waals surface area contributed by atoms with E-state index >= 15 is 0 Å². The Bertz CT molecular complexity index is 992. The zero-order valence-electron chi connectivity index (χ0n) is 16.5. The number of fused-ring (bicyclic) bond motifs is 1. The van der Waals surface area contributed by atoms with Gasteiger partial charge in [0, 0.05) is 17.8 Å². The monoisotopic (exact) mass is 379 g/mol. The summed E-state index contributed by atoms with van der Waals surface area (Å²) in [7, 11) is 1.66. The van der Waals surface area contributed by atoms with Crippen LogP contribution in [0.5, 0.6) is 5.75 Å². The number of hydrogen-bond donors (Lipinski definition) is 1. The van der Waals surface area contributed by atoms with Gasteiger partial charge >= 0.3 is 0 Å². The number of aromatic nitrogens is 4. The second kappa shape index (κ2) is 7.58. The van der Waals surface area contributed by atoms with Gasteiger partial charge in [-0.25, -0.2) is 9.50 Å². The van der Waals surface area contributed by atoms with E-state index in [0.717, 1.165) is 41.1 Å². The van der Waals surface area contributed by atoms with Crippen LogP contribution in [0.15, 0.2) is 30.6 Å². The highest BCUT2D eigenvalue weighted by Gasteiger charge is 2.33. The number of methoxy groups -OCH3 is 1. The molecule has 0 radical (unpaired) electrons. The van der Waals surface area contributed by atoms with Crippen molar-refractivity contribution in [2.24, 2.45) is 5.92 Å². The van der Waals surface area contributed by atoms with E-state index in [1.165, 1.54) is 6.33 Å². The van der Waals surface area contributed by atoms with E-state index in [1.807, 2.05) is 38.1 Å². The molecule has 1 atom stereocenters. The number of ether oxygens (including phenoxy) is 1. The van der Waals surface area contributed by atoms with Crippen molar-refractivity contribution < 1.29 is 9.53 Å². The van der Waals surface area contributed by atoms with E-state index in [1.54, 1.807) is 11.6 Å². The first kappa shape index (κ1) is 18.4. The number of nitrogens with zero attached hydrogens (tertiary/aromatic N) is 4. The number of carbonyl (C=O) groups is 1. The quantitative estimate of drug-likeness (QED) is 0.683. The molecule has 1 aliphatic carbocycles. The highest BCUT2D eigenvalue weighted by Crippen LogP contribution is 2.41. The molecule has 146 valence electrons. The lowest BCUT2D eigenvalue weighted by atomic mass is 10.0. The molecule has 0 spiro atoms. The highest BCUT2D eigenvalue weighted by atomic mass is 16.5.